The van der Waals surface area contributed by atoms with Gasteiger partial charge in [0.2, 0.25) is 0 Å². The zero-order chi connectivity index (χ0) is 21.4. The number of nitrogens with one attached hydrogen (secondary N) is 1. The first-order chi connectivity index (χ1) is 14.4. The molecule has 0 aromatic heterocycles. The van der Waals surface area contributed by atoms with Gasteiger partial charge in [-0.25, -0.2) is 13.6 Å². The van der Waals surface area contributed by atoms with Gasteiger partial charge in [0, 0.05) is 11.8 Å². The van der Waals surface area contributed by atoms with Crippen LogP contribution in [0.15, 0.2) is 47.7 Å². The average molecular weight is 432 g/mol. The van der Waals surface area contributed by atoms with Crippen LogP contribution < -0.4 is 19.7 Å². The number of carbonyl (C=O) groups is 1. The number of thiocarbonyl (C=S) groups is 1. The summed E-state index contributed by atoms with van der Waals surface area (Å²) in [6.45, 7) is 2.61. The maximum Gasteiger partial charge on any atom is 0.337 e. The molecule has 1 atom stereocenters. The number of anilines is 1. The van der Waals surface area contributed by atoms with E-state index in [1.54, 1.807) is 30.0 Å². The van der Waals surface area contributed by atoms with Crippen LogP contribution in [0.5, 0.6) is 11.5 Å². The van der Waals surface area contributed by atoms with Gasteiger partial charge in [0.05, 0.1) is 24.4 Å². The van der Waals surface area contributed by atoms with Crippen LogP contribution in [0, 0.1) is 11.6 Å². The topological polar surface area (TPSA) is 60.0 Å². The number of esters is 1. The van der Waals surface area contributed by atoms with E-state index in [-0.39, 0.29) is 10.7 Å². The Morgan fingerprint density at radius 2 is 1.87 bits per heavy atom. The van der Waals surface area contributed by atoms with Gasteiger partial charge in [-0.1, -0.05) is 6.07 Å². The van der Waals surface area contributed by atoms with Crippen LogP contribution in [0.1, 0.15) is 18.5 Å². The first-order valence-corrected chi connectivity index (χ1v) is 9.56. The number of halogens is 2. The molecular weight excluding hydrogens is 414 g/mol. The Morgan fingerprint density at radius 3 is 2.57 bits per heavy atom. The maximum absolute atomic E-state index is 13.8. The number of nitrogens with zero attached hydrogens (tertiary/aromatic N) is 1. The monoisotopic (exact) mass is 432 g/mol. The predicted octanol–water partition coefficient (Wildman–Crippen LogP) is 3.62. The molecule has 0 spiro atoms. The zero-order valence-corrected chi connectivity index (χ0v) is 17.0. The molecule has 0 bridgehead atoms. The minimum absolute atomic E-state index is 0.229. The summed E-state index contributed by atoms with van der Waals surface area (Å²) in [6.07, 6.45) is 0. The zero-order valence-electron chi connectivity index (χ0n) is 16.2. The molecule has 156 valence electrons. The number of hydrogen-bond donors (Lipinski definition) is 1. The van der Waals surface area contributed by atoms with E-state index < -0.39 is 23.6 Å². The number of carbonyl (C=O) groups excluding carboxylic acids is 1. The van der Waals surface area contributed by atoms with Gasteiger partial charge in [0.1, 0.15) is 13.2 Å². The SMILES string of the molecule is COC(=O)C1=C(C)N(c2ccc3c(c2)OCCO3)C(=S)N[C@@H]1c1ccc(F)c(F)c1. The van der Waals surface area contributed by atoms with Crippen molar-refractivity contribution in [3.63, 3.8) is 0 Å². The van der Waals surface area contributed by atoms with E-state index in [1.807, 2.05) is 0 Å². The third-order valence-corrected chi connectivity index (χ3v) is 5.25. The van der Waals surface area contributed by atoms with Crippen molar-refractivity contribution in [1.29, 1.82) is 0 Å². The molecule has 0 amide bonds. The molecule has 2 aromatic carbocycles. The summed E-state index contributed by atoms with van der Waals surface area (Å²) < 4.78 is 43.4. The van der Waals surface area contributed by atoms with Crippen molar-refractivity contribution in [2.24, 2.45) is 0 Å². The largest absolute Gasteiger partial charge is 0.486 e. The molecule has 0 fully saturated rings. The van der Waals surface area contributed by atoms with Crippen molar-refractivity contribution in [1.82, 2.24) is 5.32 Å². The second kappa shape index (κ2) is 7.91. The lowest BCUT2D eigenvalue weighted by molar-refractivity contribution is -0.136. The highest BCUT2D eigenvalue weighted by Gasteiger charge is 2.36. The summed E-state index contributed by atoms with van der Waals surface area (Å²) in [6, 6.07) is 7.95. The van der Waals surface area contributed by atoms with Gasteiger partial charge in [-0.3, -0.25) is 4.90 Å². The van der Waals surface area contributed by atoms with Gasteiger partial charge in [0.15, 0.2) is 28.2 Å². The number of hydrogen-bond acceptors (Lipinski definition) is 5. The van der Waals surface area contributed by atoms with Gasteiger partial charge in [-0.05, 0) is 49.0 Å². The molecule has 30 heavy (non-hydrogen) atoms. The van der Waals surface area contributed by atoms with Gasteiger partial charge in [-0.2, -0.15) is 0 Å². The smallest absolute Gasteiger partial charge is 0.337 e. The molecule has 0 saturated carbocycles. The molecule has 2 aromatic rings. The van der Waals surface area contributed by atoms with Crippen molar-refractivity contribution in [2.45, 2.75) is 13.0 Å². The van der Waals surface area contributed by atoms with Gasteiger partial charge >= 0.3 is 5.97 Å². The van der Waals surface area contributed by atoms with Crippen molar-refractivity contribution in [2.75, 3.05) is 25.2 Å². The van der Waals surface area contributed by atoms with E-state index in [4.69, 9.17) is 26.4 Å². The lowest BCUT2D eigenvalue weighted by Crippen LogP contribution is -2.48. The Bertz CT molecular complexity index is 1070. The fraction of sp³-hybridized carbons (Fsp3) is 0.238. The van der Waals surface area contributed by atoms with E-state index >= 15 is 0 Å². The Labute approximate surface area is 177 Å². The third kappa shape index (κ3) is 3.45. The Hall–Kier alpha value is -3.20. The van der Waals surface area contributed by atoms with Gasteiger partial charge in [-0.15, -0.1) is 0 Å². The quantitative estimate of drug-likeness (QED) is 0.587. The van der Waals surface area contributed by atoms with E-state index in [1.165, 1.54) is 13.2 Å². The molecule has 6 nitrogen and oxygen atoms in total. The van der Waals surface area contributed by atoms with Gasteiger partial charge < -0.3 is 19.5 Å². The number of fused-ring (bicyclic) bond motifs is 1. The molecule has 0 unspecified atom stereocenters. The highest BCUT2D eigenvalue weighted by molar-refractivity contribution is 7.80. The van der Waals surface area contributed by atoms with E-state index in [0.29, 0.717) is 41.7 Å². The molecule has 2 aliphatic rings. The van der Waals surface area contributed by atoms with Crippen LogP contribution in [0.25, 0.3) is 0 Å². The third-order valence-electron chi connectivity index (χ3n) is 4.95. The molecule has 0 radical (unpaired) electrons. The lowest BCUT2D eigenvalue weighted by atomic mass is 9.94. The molecular formula is C21H18F2N2O4S. The fourth-order valence-corrected chi connectivity index (χ4v) is 3.90. The first-order valence-electron chi connectivity index (χ1n) is 9.15. The summed E-state index contributed by atoms with van der Waals surface area (Å²) in [7, 11) is 1.26. The second-order valence-corrected chi connectivity index (χ2v) is 7.10. The van der Waals surface area contributed by atoms with Crippen LogP contribution >= 0.6 is 12.2 Å². The molecule has 9 heteroatoms. The summed E-state index contributed by atoms with van der Waals surface area (Å²) in [5.74, 6) is -1.42. The summed E-state index contributed by atoms with van der Waals surface area (Å²) >= 11 is 5.54. The van der Waals surface area contributed by atoms with Crippen molar-refractivity contribution < 1.29 is 27.8 Å². The van der Waals surface area contributed by atoms with Crippen molar-refractivity contribution >= 4 is 29.0 Å². The highest BCUT2D eigenvalue weighted by Crippen LogP contribution is 2.38. The first kappa shape index (κ1) is 20.1. The minimum Gasteiger partial charge on any atom is -0.486 e. The van der Waals surface area contributed by atoms with Gasteiger partial charge in [0.25, 0.3) is 0 Å². The molecule has 2 heterocycles. The molecule has 4 rings (SSSR count). The standard InChI is InChI=1S/C21H18F2N2O4S/c1-11-18(20(26)27-2)19(12-3-5-14(22)15(23)9-12)24-21(30)25(11)13-4-6-16-17(10-13)29-8-7-28-16/h3-6,9-10,19H,7-8H2,1-2H3,(H,24,30)/t19-/m1/s1. The molecule has 0 saturated heterocycles. The van der Waals surface area contributed by atoms with Crippen LogP contribution in [-0.2, 0) is 9.53 Å². The minimum atomic E-state index is -1.02. The average Bonchev–Trinajstić information content (AvgIpc) is 2.74. The molecule has 2 aliphatic heterocycles. The van der Waals surface area contributed by atoms with E-state index in [2.05, 4.69) is 5.32 Å². The fourth-order valence-electron chi connectivity index (χ4n) is 3.54. The predicted molar refractivity (Wildman–Crippen MR) is 109 cm³/mol. The number of benzene rings is 2. The Morgan fingerprint density at radius 1 is 1.13 bits per heavy atom. The van der Waals surface area contributed by atoms with E-state index in [9.17, 15) is 13.6 Å². The number of methoxy groups -OCH3 is 1. The maximum atomic E-state index is 13.8. The molecule has 1 N–H and O–H groups in total. The molecule has 0 aliphatic carbocycles. The Balaban J connectivity index is 1.81. The van der Waals surface area contributed by atoms with Crippen LogP contribution in [-0.4, -0.2) is 31.4 Å². The normalized spacial score (nSPS) is 18.2. The summed E-state index contributed by atoms with van der Waals surface area (Å²) in [4.78, 5) is 14.3. The van der Waals surface area contributed by atoms with Crippen molar-refractivity contribution in [3.05, 3.63) is 64.9 Å². The number of allylic oxidation sites excluding steroid dienone is 1. The lowest BCUT2D eigenvalue weighted by Gasteiger charge is -2.37. The Kier molecular flexibility index (Phi) is 5.29. The van der Waals surface area contributed by atoms with E-state index in [0.717, 1.165) is 12.1 Å². The highest BCUT2D eigenvalue weighted by atomic mass is 32.1. The second-order valence-electron chi connectivity index (χ2n) is 6.71. The van der Waals surface area contributed by atoms with Crippen molar-refractivity contribution in [3.8, 4) is 11.5 Å². The van der Waals surface area contributed by atoms with Crippen LogP contribution in [0.3, 0.4) is 0 Å². The summed E-state index contributed by atoms with van der Waals surface area (Å²) in [5, 5.41) is 3.33. The van der Waals surface area contributed by atoms with Crippen LogP contribution in [0.2, 0.25) is 0 Å². The number of rotatable bonds is 3. The number of ether oxygens (including phenoxy) is 3. The summed E-state index contributed by atoms with van der Waals surface area (Å²) in [5.41, 5.74) is 1.72. The van der Waals surface area contributed by atoms with Crippen LogP contribution in [0.4, 0.5) is 14.5 Å².